The molecule has 1 fully saturated rings. The van der Waals surface area contributed by atoms with Crippen molar-refractivity contribution in [2.75, 3.05) is 12.3 Å². The summed E-state index contributed by atoms with van der Waals surface area (Å²) in [5.41, 5.74) is 0.753. The molecule has 1 N–H and O–H groups in total. The van der Waals surface area contributed by atoms with E-state index in [0.717, 1.165) is 22.7 Å². The molecule has 3 rings (SSSR count). The average Bonchev–Trinajstić information content (AvgIpc) is 3.01. The maximum Gasteiger partial charge on any atom is 0.266 e. The molecule has 0 aromatic heterocycles. The van der Waals surface area contributed by atoms with Gasteiger partial charge in [-0.15, -0.1) is 4.21 Å². The van der Waals surface area contributed by atoms with Gasteiger partial charge in [0.1, 0.15) is 22.0 Å². The first-order valence-corrected chi connectivity index (χ1v) is 10.8. The predicted octanol–water partition coefficient (Wildman–Crippen LogP) is 2.18. The number of hydrogen-bond acceptors (Lipinski definition) is 6. The Kier molecular flexibility index (Phi) is 5.64. The van der Waals surface area contributed by atoms with Crippen molar-refractivity contribution < 1.29 is 18.4 Å². The quantitative estimate of drug-likeness (QED) is 0.449. The first-order valence-electron chi connectivity index (χ1n) is 7.45. The van der Waals surface area contributed by atoms with Crippen LogP contribution in [0.5, 0.6) is 0 Å². The summed E-state index contributed by atoms with van der Waals surface area (Å²) < 4.78 is 23.0. The molecule has 6 nitrogen and oxygen atoms in total. The van der Waals surface area contributed by atoms with Crippen molar-refractivity contribution >= 4 is 68.0 Å². The summed E-state index contributed by atoms with van der Waals surface area (Å²) in [7, 11) is -3.26. The third-order valence-electron chi connectivity index (χ3n) is 3.60. The number of carbonyl (C=O) groups is 2. The zero-order valence-electron chi connectivity index (χ0n) is 13.2. The fourth-order valence-electron chi connectivity index (χ4n) is 2.45. The van der Waals surface area contributed by atoms with Crippen molar-refractivity contribution in [2.24, 2.45) is 0 Å². The van der Waals surface area contributed by atoms with Gasteiger partial charge < -0.3 is 9.87 Å². The number of nitrogens with one attached hydrogen (secondary N) is 1. The van der Waals surface area contributed by atoms with E-state index in [4.69, 9.17) is 23.8 Å². The molecule has 2 aliphatic heterocycles. The highest BCUT2D eigenvalue weighted by molar-refractivity contribution is 8.26. The van der Waals surface area contributed by atoms with Gasteiger partial charge in [0, 0.05) is 5.02 Å². The predicted molar refractivity (Wildman–Crippen MR) is 106 cm³/mol. The standard InChI is InChI=1S/C16H13ClN2O4S3/c17-11-3-1-2-10(6-11)7-13-15(21)19(16(24)25-13)8-14(20)18-12-4-5-26(22,23)9-12/h1-7,12H,8-9H2,(H-,18,20,22,23)/b13-7+. The van der Waals surface area contributed by atoms with Crippen molar-refractivity contribution in [3.8, 4) is 0 Å². The highest BCUT2D eigenvalue weighted by Crippen LogP contribution is 2.32. The normalized spacial score (nSPS) is 26.8. The second kappa shape index (κ2) is 7.61. The molecule has 136 valence electrons. The van der Waals surface area contributed by atoms with Gasteiger partial charge in [0.25, 0.3) is 5.91 Å². The van der Waals surface area contributed by atoms with Crippen LogP contribution in [0.4, 0.5) is 0 Å². The van der Waals surface area contributed by atoms with E-state index < -0.39 is 22.2 Å². The van der Waals surface area contributed by atoms with Crippen molar-refractivity contribution in [3.05, 3.63) is 51.2 Å². The molecule has 26 heavy (non-hydrogen) atoms. The van der Waals surface area contributed by atoms with Crippen LogP contribution >= 0.6 is 35.6 Å². The molecule has 2 heterocycles. The van der Waals surface area contributed by atoms with E-state index in [1.807, 2.05) is 0 Å². The number of carbonyl (C=O) groups excluding carboxylic acids is 2. The van der Waals surface area contributed by atoms with Crippen LogP contribution in [0.1, 0.15) is 5.56 Å². The summed E-state index contributed by atoms with van der Waals surface area (Å²) in [6.07, 6.45) is 3.08. The molecule has 2 atom stereocenters. The summed E-state index contributed by atoms with van der Waals surface area (Å²) in [5.74, 6) is -1.02. The van der Waals surface area contributed by atoms with E-state index in [9.17, 15) is 18.4 Å². The van der Waals surface area contributed by atoms with Gasteiger partial charge in [0.15, 0.2) is 0 Å². The maximum absolute atomic E-state index is 12.5. The molecule has 2 unspecified atom stereocenters. The fraction of sp³-hybridized carbons (Fsp3) is 0.188. The first-order chi connectivity index (χ1) is 12.2. The van der Waals surface area contributed by atoms with Gasteiger partial charge in [-0.1, -0.05) is 47.7 Å². The fourth-order valence-corrected chi connectivity index (χ4v) is 5.13. The van der Waals surface area contributed by atoms with Gasteiger partial charge in [0.2, 0.25) is 5.91 Å². The molecule has 0 aliphatic carbocycles. The van der Waals surface area contributed by atoms with Crippen molar-refractivity contribution in [1.82, 2.24) is 10.2 Å². The Hall–Kier alpha value is -1.52. The summed E-state index contributed by atoms with van der Waals surface area (Å²) >= 11 is 12.2. The molecule has 1 aromatic carbocycles. The maximum atomic E-state index is 12.5. The van der Waals surface area contributed by atoms with Crippen LogP contribution in [0, 0.1) is 0 Å². The van der Waals surface area contributed by atoms with Gasteiger partial charge in [-0.25, -0.2) is 0 Å². The molecule has 0 spiro atoms. The number of thioether (sulfide) groups is 1. The van der Waals surface area contributed by atoms with Crippen LogP contribution in [0.3, 0.4) is 0 Å². The smallest absolute Gasteiger partial charge is 0.266 e. The Morgan fingerprint density at radius 3 is 2.96 bits per heavy atom. The van der Waals surface area contributed by atoms with Crippen molar-refractivity contribution in [2.45, 2.75) is 6.04 Å². The molecular formula is C16H13ClN2O4S3. The number of halogens is 1. The third kappa shape index (κ3) is 4.60. The molecule has 0 saturated carbocycles. The lowest BCUT2D eigenvalue weighted by Crippen LogP contribution is -2.44. The van der Waals surface area contributed by atoms with Gasteiger partial charge in [-0.2, -0.15) is 0 Å². The molecule has 0 bridgehead atoms. The Morgan fingerprint density at radius 2 is 2.31 bits per heavy atom. The lowest BCUT2D eigenvalue weighted by molar-refractivity contribution is -0.128. The minimum Gasteiger partial charge on any atom is -0.610 e. The zero-order chi connectivity index (χ0) is 18.9. The number of benzene rings is 1. The summed E-state index contributed by atoms with van der Waals surface area (Å²) in [6, 6.07) is 6.43. The molecule has 10 heteroatoms. The van der Waals surface area contributed by atoms with Crippen molar-refractivity contribution in [3.63, 3.8) is 0 Å². The number of amides is 2. The Bertz CT molecular complexity index is 899. The molecule has 1 saturated heterocycles. The average molecular weight is 429 g/mol. The summed E-state index contributed by atoms with van der Waals surface area (Å²) in [5, 5.41) is 4.19. The van der Waals surface area contributed by atoms with Crippen LogP contribution in [0.25, 0.3) is 6.08 Å². The van der Waals surface area contributed by atoms with E-state index in [-0.39, 0.29) is 22.5 Å². The molecule has 0 radical (unpaired) electrons. The van der Waals surface area contributed by atoms with Crippen LogP contribution in [-0.2, 0) is 24.0 Å². The van der Waals surface area contributed by atoms with Crippen LogP contribution < -0.4 is 5.32 Å². The van der Waals surface area contributed by atoms with Gasteiger partial charge in [0.05, 0.1) is 21.2 Å². The monoisotopic (exact) mass is 428 g/mol. The molecule has 2 aliphatic rings. The molecular weight excluding hydrogens is 416 g/mol. The van der Waals surface area contributed by atoms with Gasteiger partial charge in [-0.05, 0) is 29.8 Å². The second-order valence-corrected chi connectivity index (χ2v) is 9.70. The molecule has 1 aromatic rings. The Morgan fingerprint density at radius 1 is 1.54 bits per heavy atom. The van der Waals surface area contributed by atoms with E-state index in [2.05, 4.69) is 5.32 Å². The van der Waals surface area contributed by atoms with E-state index in [1.165, 1.54) is 11.0 Å². The Balaban J connectivity index is 1.65. The highest BCUT2D eigenvalue weighted by Gasteiger charge is 2.34. The number of rotatable bonds is 4. The minimum atomic E-state index is -3.26. The lowest BCUT2D eigenvalue weighted by atomic mass is 10.2. The first kappa shape index (κ1) is 19.2. The van der Waals surface area contributed by atoms with Gasteiger partial charge in [-0.3, -0.25) is 14.5 Å². The number of thiocarbonyl (C=S) groups is 1. The lowest BCUT2D eigenvalue weighted by Gasteiger charge is -2.16. The largest absolute Gasteiger partial charge is 0.610 e. The van der Waals surface area contributed by atoms with Crippen LogP contribution in [0.15, 0.2) is 40.7 Å². The highest BCUT2D eigenvalue weighted by atomic mass is 35.5. The summed E-state index contributed by atoms with van der Waals surface area (Å²) in [4.78, 5) is 26.2. The number of nitrogens with zero attached hydrogens (tertiary/aromatic N) is 1. The van der Waals surface area contributed by atoms with E-state index in [1.54, 1.807) is 30.3 Å². The van der Waals surface area contributed by atoms with Crippen LogP contribution in [-0.4, -0.2) is 43.9 Å². The van der Waals surface area contributed by atoms with Crippen LogP contribution in [0.2, 0.25) is 5.02 Å². The van der Waals surface area contributed by atoms with E-state index >= 15 is 0 Å². The van der Waals surface area contributed by atoms with E-state index in [0.29, 0.717) is 9.93 Å². The Labute approximate surface area is 165 Å². The third-order valence-corrected chi connectivity index (χ3v) is 6.61. The second-order valence-electron chi connectivity index (χ2n) is 5.65. The SMILES string of the molecule is O=C(CN1C(=O)/C(=C\c2cccc(Cl)c2)SC1=S)NC1C=C[S+](=O)([O-])C1. The summed E-state index contributed by atoms with van der Waals surface area (Å²) in [6.45, 7) is -0.262. The minimum absolute atomic E-state index is 0.175. The zero-order valence-corrected chi connectivity index (χ0v) is 16.4. The molecule has 2 amide bonds. The van der Waals surface area contributed by atoms with Crippen molar-refractivity contribution in [1.29, 1.82) is 0 Å². The topological polar surface area (TPSA) is 89.5 Å². The van der Waals surface area contributed by atoms with Gasteiger partial charge >= 0.3 is 0 Å². The number of sulfone groups is 1. The number of hydrogen-bond donors (Lipinski definition) is 1.